The molecule has 2 aromatic rings. The Bertz CT molecular complexity index is 894. The number of hydrogen-bond acceptors (Lipinski definition) is 6. The minimum atomic E-state index is -0.616. The van der Waals surface area contributed by atoms with Crippen LogP contribution in [0.5, 0.6) is 0 Å². The molecule has 1 atom stereocenters. The molecular formula is C20H19ClN2O5. The summed E-state index contributed by atoms with van der Waals surface area (Å²) in [6.07, 6.45) is -1.18. The van der Waals surface area contributed by atoms with Gasteiger partial charge in [0.05, 0.1) is 38.0 Å². The number of halogens is 1. The molecule has 7 nitrogen and oxygen atoms in total. The lowest BCUT2D eigenvalue weighted by Crippen LogP contribution is -2.27. The minimum Gasteiger partial charge on any atom is -0.465 e. The average Bonchev–Trinajstić information content (AvgIpc) is 2.72. The van der Waals surface area contributed by atoms with Gasteiger partial charge in [0, 0.05) is 11.6 Å². The highest BCUT2D eigenvalue weighted by atomic mass is 35.5. The summed E-state index contributed by atoms with van der Waals surface area (Å²) in [6.45, 7) is 0.377. The second kappa shape index (κ2) is 10.3. The van der Waals surface area contributed by atoms with Crippen molar-refractivity contribution in [3.63, 3.8) is 0 Å². The number of carbonyl (C=O) groups excluding carboxylic acids is 2. The highest BCUT2D eigenvalue weighted by molar-refractivity contribution is 6.30. The molecule has 0 saturated carbocycles. The first-order valence-corrected chi connectivity index (χ1v) is 8.68. The molecule has 1 N–H and O–H groups in total. The third kappa shape index (κ3) is 5.71. The van der Waals surface area contributed by atoms with Crippen molar-refractivity contribution < 1.29 is 23.8 Å². The number of amides is 1. The molecule has 2 aromatic carbocycles. The van der Waals surface area contributed by atoms with Crippen LogP contribution in [0.25, 0.3) is 0 Å². The van der Waals surface area contributed by atoms with Gasteiger partial charge in [0.1, 0.15) is 6.10 Å². The van der Waals surface area contributed by atoms with E-state index in [-0.39, 0.29) is 18.7 Å². The standard InChI is InChI=1S/C20H19ClN2O5/c1-26-19(24)16-9-13(12-22)8-15(10-16)18(14-4-3-5-17(21)11-14)28-7-6-23-20(25)27-2/h3-5,8-11,18H,6-7H2,1-2H3,(H,23,25). The van der Waals surface area contributed by atoms with Crippen molar-refractivity contribution in [2.45, 2.75) is 6.10 Å². The monoisotopic (exact) mass is 402 g/mol. The maximum absolute atomic E-state index is 12.0. The maximum Gasteiger partial charge on any atom is 0.406 e. The van der Waals surface area contributed by atoms with Crippen LogP contribution >= 0.6 is 11.6 Å². The largest absolute Gasteiger partial charge is 0.465 e. The van der Waals surface area contributed by atoms with Gasteiger partial charge < -0.3 is 19.5 Å². The topological polar surface area (TPSA) is 97.6 Å². The Morgan fingerprint density at radius 3 is 2.57 bits per heavy atom. The van der Waals surface area contributed by atoms with Crippen molar-refractivity contribution in [3.05, 3.63) is 69.7 Å². The van der Waals surface area contributed by atoms with Crippen LogP contribution in [0, 0.1) is 11.3 Å². The number of rotatable bonds is 7. The van der Waals surface area contributed by atoms with Crippen molar-refractivity contribution >= 4 is 23.7 Å². The summed E-state index contributed by atoms with van der Waals surface area (Å²) in [4.78, 5) is 23.1. The predicted molar refractivity (Wildman–Crippen MR) is 102 cm³/mol. The molecule has 28 heavy (non-hydrogen) atoms. The van der Waals surface area contributed by atoms with Gasteiger partial charge in [-0.1, -0.05) is 23.7 Å². The number of methoxy groups -OCH3 is 2. The van der Waals surface area contributed by atoms with Crippen molar-refractivity contribution in [3.8, 4) is 6.07 Å². The number of carbonyl (C=O) groups is 2. The third-order valence-corrected chi connectivity index (χ3v) is 4.04. The number of benzene rings is 2. The molecule has 0 aromatic heterocycles. The molecule has 146 valence electrons. The van der Waals surface area contributed by atoms with Crippen LogP contribution < -0.4 is 5.32 Å². The maximum atomic E-state index is 12.0. The molecule has 0 bridgehead atoms. The van der Waals surface area contributed by atoms with Gasteiger partial charge in [0.2, 0.25) is 0 Å². The molecule has 8 heteroatoms. The van der Waals surface area contributed by atoms with Crippen molar-refractivity contribution in [2.24, 2.45) is 0 Å². The molecule has 0 spiro atoms. The van der Waals surface area contributed by atoms with Crippen LogP contribution in [0.2, 0.25) is 5.02 Å². The second-order valence-electron chi connectivity index (χ2n) is 5.67. The van der Waals surface area contributed by atoms with Crippen molar-refractivity contribution in [1.29, 1.82) is 5.26 Å². The van der Waals surface area contributed by atoms with E-state index in [9.17, 15) is 14.9 Å². The van der Waals surface area contributed by atoms with E-state index in [0.717, 1.165) is 5.56 Å². The number of ether oxygens (including phenoxy) is 3. The van der Waals surface area contributed by atoms with Gasteiger partial charge in [-0.25, -0.2) is 9.59 Å². The molecule has 1 unspecified atom stereocenters. The van der Waals surface area contributed by atoms with E-state index in [1.54, 1.807) is 30.3 Å². The minimum absolute atomic E-state index is 0.163. The SMILES string of the molecule is COC(=O)NCCOC(c1cccc(Cl)c1)c1cc(C#N)cc(C(=O)OC)c1. The van der Waals surface area contributed by atoms with Crippen LogP contribution in [-0.2, 0) is 14.2 Å². The Morgan fingerprint density at radius 2 is 1.93 bits per heavy atom. The molecule has 0 radical (unpaired) electrons. The number of esters is 1. The van der Waals surface area contributed by atoms with Gasteiger partial charge in [-0.05, 0) is 41.5 Å². The smallest absolute Gasteiger partial charge is 0.406 e. The summed E-state index contributed by atoms with van der Waals surface area (Å²) >= 11 is 6.11. The predicted octanol–water partition coefficient (Wildman–Crippen LogP) is 3.46. The first kappa shape index (κ1) is 21.2. The van der Waals surface area contributed by atoms with Gasteiger partial charge in [0.15, 0.2) is 0 Å². The van der Waals surface area contributed by atoms with E-state index < -0.39 is 18.2 Å². The van der Waals surface area contributed by atoms with Crippen LogP contribution in [-0.4, -0.2) is 39.4 Å². The zero-order valence-electron chi connectivity index (χ0n) is 15.4. The fourth-order valence-corrected chi connectivity index (χ4v) is 2.76. The number of nitriles is 1. The molecule has 1 amide bonds. The lowest BCUT2D eigenvalue weighted by atomic mass is 9.97. The summed E-state index contributed by atoms with van der Waals surface area (Å²) in [5.74, 6) is -0.560. The van der Waals surface area contributed by atoms with Crippen molar-refractivity contribution in [2.75, 3.05) is 27.4 Å². The molecule has 0 heterocycles. The molecule has 0 fully saturated rings. The van der Waals surface area contributed by atoms with Gasteiger partial charge in [-0.3, -0.25) is 0 Å². The second-order valence-corrected chi connectivity index (χ2v) is 6.11. The van der Waals surface area contributed by atoms with E-state index in [4.69, 9.17) is 21.1 Å². The van der Waals surface area contributed by atoms with E-state index in [2.05, 4.69) is 10.1 Å². The van der Waals surface area contributed by atoms with Crippen molar-refractivity contribution in [1.82, 2.24) is 5.32 Å². The first-order valence-electron chi connectivity index (χ1n) is 8.30. The Morgan fingerprint density at radius 1 is 1.14 bits per heavy atom. The summed E-state index contributed by atoms with van der Waals surface area (Å²) in [5, 5.41) is 12.4. The molecular weight excluding hydrogens is 384 g/mol. The Kier molecular flexibility index (Phi) is 7.81. The fraction of sp³-hybridized carbons (Fsp3) is 0.250. The molecule has 0 saturated heterocycles. The fourth-order valence-electron chi connectivity index (χ4n) is 2.56. The average molecular weight is 403 g/mol. The molecule has 0 aliphatic heterocycles. The number of nitrogens with zero attached hydrogens (tertiary/aromatic N) is 1. The number of hydrogen-bond donors (Lipinski definition) is 1. The molecule has 2 rings (SSSR count). The quantitative estimate of drug-likeness (QED) is 0.562. The number of nitrogens with one attached hydrogen (secondary N) is 1. The third-order valence-electron chi connectivity index (χ3n) is 3.80. The highest BCUT2D eigenvalue weighted by Gasteiger charge is 2.19. The lowest BCUT2D eigenvalue weighted by molar-refractivity contribution is 0.0598. The first-order chi connectivity index (χ1) is 13.5. The van der Waals surface area contributed by atoms with Crippen LogP contribution in [0.15, 0.2) is 42.5 Å². The summed E-state index contributed by atoms with van der Waals surface area (Å²) < 4.78 is 15.2. The van der Waals surface area contributed by atoms with Gasteiger partial charge in [-0.15, -0.1) is 0 Å². The van der Waals surface area contributed by atoms with Gasteiger partial charge in [-0.2, -0.15) is 5.26 Å². The zero-order valence-corrected chi connectivity index (χ0v) is 16.2. The van der Waals surface area contributed by atoms with E-state index in [0.29, 0.717) is 16.1 Å². The summed E-state index contributed by atoms with van der Waals surface area (Å²) in [5.41, 5.74) is 1.84. The summed E-state index contributed by atoms with van der Waals surface area (Å²) in [6, 6.07) is 13.8. The Labute approximate surface area is 167 Å². The normalized spacial score (nSPS) is 11.2. The van der Waals surface area contributed by atoms with Gasteiger partial charge in [0.25, 0.3) is 0 Å². The van der Waals surface area contributed by atoms with Gasteiger partial charge >= 0.3 is 12.1 Å². The Hall–Kier alpha value is -3.08. The van der Waals surface area contributed by atoms with E-state index in [1.807, 2.05) is 12.1 Å². The Balaban J connectivity index is 2.36. The van der Waals surface area contributed by atoms with E-state index >= 15 is 0 Å². The van der Waals surface area contributed by atoms with Crippen LogP contribution in [0.3, 0.4) is 0 Å². The molecule has 0 aliphatic rings. The lowest BCUT2D eigenvalue weighted by Gasteiger charge is -2.20. The van der Waals surface area contributed by atoms with E-state index in [1.165, 1.54) is 20.3 Å². The highest BCUT2D eigenvalue weighted by Crippen LogP contribution is 2.29. The summed E-state index contributed by atoms with van der Waals surface area (Å²) in [7, 11) is 2.54. The zero-order chi connectivity index (χ0) is 20.5. The van der Waals surface area contributed by atoms with Crippen LogP contribution in [0.4, 0.5) is 4.79 Å². The molecule has 0 aliphatic carbocycles. The van der Waals surface area contributed by atoms with Crippen LogP contribution in [0.1, 0.15) is 33.2 Å². The number of alkyl carbamates (subject to hydrolysis) is 1.